The molecule has 1 N–H and O–H groups in total. The molecule has 1 aliphatic carbocycles. The number of aromatic nitrogens is 1. The first kappa shape index (κ1) is 13.4. The lowest BCUT2D eigenvalue weighted by Gasteiger charge is -2.19. The molecule has 18 heavy (non-hydrogen) atoms. The van der Waals surface area contributed by atoms with E-state index in [2.05, 4.69) is 50.1 Å². The molecule has 2 heteroatoms. The van der Waals surface area contributed by atoms with Gasteiger partial charge in [-0.2, -0.15) is 0 Å². The van der Waals surface area contributed by atoms with Crippen LogP contribution in [0.5, 0.6) is 0 Å². The molecule has 0 spiro atoms. The minimum absolute atomic E-state index is 0.187. The highest BCUT2D eigenvalue weighted by atomic mass is 15.0. The zero-order valence-corrected chi connectivity index (χ0v) is 12.2. The second-order valence-corrected chi connectivity index (χ2v) is 6.85. The highest BCUT2D eigenvalue weighted by Gasteiger charge is 2.21. The second kappa shape index (κ2) is 5.29. The molecule has 0 bridgehead atoms. The molecule has 0 amide bonds. The van der Waals surface area contributed by atoms with Crippen LogP contribution in [-0.2, 0) is 5.41 Å². The summed E-state index contributed by atoms with van der Waals surface area (Å²) in [6.07, 6.45) is 6.13. The van der Waals surface area contributed by atoms with Crippen LogP contribution in [0.1, 0.15) is 52.5 Å². The van der Waals surface area contributed by atoms with Gasteiger partial charge < -0.3 is 5.32 Å². The van der Waals surface area contributed by atoms with Crippen LogP contribution in [0.2, 0.25) is 0 Å². The molecule has 1 fully saturated rings. The summed E-state index contributed by atoms with van der Waals surface area (Å²) in [6.45, 7) is 10.1. The first-order valence-electron chi connectivity index (χ1n) is 7.15. The first-order valence-corrected chi connectivity index (χ1v) is 7.15. The Morgan fingerprint density at radius 2 is 2.06 bits per heavy atom. The van der Waals surface area contributed by atoms with Crippen molar-refractivity contribution in [1.29, 1.82) is 0 Å². The Bertz CT molecular complexity index is 375. The third kappa shape index (κ3) is 3.47. The van der Waals surface area contributed by atoms with E-state index in [1.54, 1.807) is 0 Å². The molecule has 0 saturated heterocycles. The van der Waals surface area contributed by atoms with Crippen molar-refractivity contribution in [3.63, 3.8) is 0 Å². The van der Waals surface area contributed by atoms with E-state index in [4.69, 9.17) is 0 Å². The van der Waals surface area contributed by atoms with Crippen molar-refractivity contribution in [3.05, 3.63) is 23.9 Å². The summed E-state index contributed by atoms with van der Waals surface area (Å²) in [7, 11) is 0. The van der Waals surface area contributed by atoms with Gasteiger partial charge >= 0.3 is 0 Å². The second-order valence-electron chi connectivity index (χ2n) is 6.85. The lowest BCUT2D eigenvalue weighted by Crippen LogP contribution is -2.14. The van der Waals surface area contributed by atoms with Crippen LogP contribution in [0.3, 0.4) is 0 Å². The topological polar surface area (TPSA) is 24.9 Å². The van der Waals surface area contributed by atoms with Crippen LogP contribution in [0.4, 0.5) is 5.82 Å². The Hall–Kier alpha value is -1.05. The maximum Gasteiger partial charge on any atom is 0.125 e. The molecule has 2 atom stereocenters. The van der Waals surface area contributed by atoms with Crippen LogP contribution in [0.15, 0.2) is 18.3 Å². The first-order chi connectivity index (χ1) is 8.45. The lowest BCUT2D eigenvalue weighted by atomic mass is 9.88. The third-order valence-corrected chi connectivity index (χ3v) is 4.00. The van der Waals surface area contributed by atoms with Crippen LogP contribution >= 0.6 is 0 Å². The quantitative estimate of drug-likeness (QED) is 0.863. The van der Waals surface area contributed by atoms with E-state index in [1.807, 2.05) is 6.20 Å². The number of pyridine rings is 1. The van der Waals surface area contributed by atoms with Crippen molar-refractivity contribution in [2.45, 2.75) is 52.4 Å². The molecule has 1 heterocycles. The summed E-state index contributed by atoms with van der Waals surface area (Å²) in [4.78, 5) is 4.51. The summed E-state index contributed by atoms with van der Waals surface area (Å²) in [5.41, 5.74) is 1.48. The van der Waals surface area contributed by atoms with Crippen molar-refractivity contribution >= 4 is 5.82 Å². The standard InChI is InChI=1S/C16H26N2/c1-12-5-6-13(9-12)10-17-15-8-7-14(11-18-15)16(2,3)4/h7-8,11-13H,5-6,9-10H2,1-4H3,(H,17,18). The van der Waals surface area contributed by atoms with E-state index in [9.17, 15) is 0 Å². The van der Waals surface area contributed by atoms with Crippen LogP contribution in [0.25, 0.3) is 0 Å². The number of nitrogens with zero attached hydrogens (tertiary/aromatic N) is 1. The van der Waals surface area contributed by atoms with E-state index in [0.29, 0.717) is 0 Å². The van der Waals surface area contributed by atoms with Gasteiger partial charge in [0.2, 0.25) is 0 Å². The van der Waals surface area contributed by atoms with Gasteiger partial charge in [-0.1, -0.05) is 40.2 Å². The van der Waals surface area contributed by atoms with E-state index in [-0.39, 0.29) is 5.41 Å². The van der Waals surface area contributed by atoms with Crippen molar-refractivity contribution in [1.82, 2.24) is 4.98 Å². The van der Waals surface area contributed by atoms with Crippen molar-refractivity contribution in [2.24, 2.45) is 11.8 Å². The predicted molar refractivity (Wildman–Crippen MR) is 77.9 cm³/mol. The Kier molecular flexibility index (Phi) is 3.94. The van der Waals surface area contributed by atoms with Gasteiger partial charge in [0.25, 0.3) is 0 Å². The van der Waals surface area contributed by atoms with Crippen molar-refractivity contribution in [3.8, 4) is 0 Å². The summed E-state index contributed by atoms with van der Waals surface area (Å²) in [6, 6.07) is 4.30. The molecule has 0 radical (unpaired) electrons. The molecule has 2 nitrogen and oxygen atoms in total. The number of rotatable bonds is 3. The fraction of sp³-hybridized carbons (Fsp3) is 0.688. The van der Waals surface area contributed by atoms with Gasteiger partial charge in [0.05, 0.1) is 0 Å². The Morgan fingerprint density at radius 3 is 2.56 bits per heavy atom. The molecule has 2 unspecified atom stereocenters. The van der Waals surface area contributed by atoms with Crippen LogP contribution in [0, 0.1) is 11.8 Å². The third-order valence-electron chi connectivity index (χ3n) is 4.00. The largest absolute Gasteiger partial charge is 0.370 e. The molecule has 100 valence electrons. The van der Waals surface area contributed by atoms with E-state index in [1.165, 1.54) is 24.8 Å². The van der Waals surface area contributed by atoms with Crippen molar-refractivity contribution < 1.29 is 0 Å². The normalized spacial score (nSPS) is 24.2. The van der Waals surface area contributed by atoms with Crippen LogP contribution < -0.4 is 5.32 Å². The van der Waals surface area contributed by atoms with E-state index in [0.717, 1.165) is 24.2 Å². The van der Waals surface area contributed by atoms with Gasteiger partial charge in [-0.05, 0) is 41.7 Å². The molecule has 1 aromatic rings. The smallest absolute Gasteiger partial charge is 0.125 e. The fourth-order valence-electron chi connectivity index (χ4n) is 2.70. The fourth-order valence-corrected chi connectivity index (χ4v) is 2.70. The Labute approximate surface area is 111 Å². The molecular formula is C16H26N2. The number of anilines is 1. The average Bonchev–Trinajstić information content (AvgIpc) is 2.72. The highest BCUT2D eigenvalue weighted by molar-refractivity contribution is 5.37. The maximum absolute atomic E-state index is 4.51. The zero-order valence-electron chi connectivity index (χ0n) is 12.2. The average molecular weight is 246 g/mol. The SMILES string of the molecule is CC1CCC(CNc2ccc(C(C)(C)C)cn2)C1. The number of nitrogens with one attached hydrogen (secondary N) is 1. The molecule has 1 saturated carbocycles. The van der Waals surface area contributed by atoms with Gasteiger partial charge in [0, 0.05) is 12.7 Å². The number of hydrogen-bond acceptors (Lipinski definition) is 2. The summed E-state index contributed by atoms with van der Waals surface area (Å²) < 4.78 is 0. The van der Waals surface area contributed by atoms with E-state index < -0.39 is 0 Å². The van der Waals surface area contributed by atoms with Gasteiger partial charge in [-0.3, -0.25) is 0 Å². The predicted octanol–water partition coefficient (Wildman–Crippen LogP) is 4.23. The molecule has 1 aromatic heterocycles. The Morgan fingerprint density at radius 1 is 1.28 bits per heavy atom. The minimum atomic E-state index is 0.187. The molecule has 0 aliphatic heterocycles. The minimum Gasteiger partial charge on any atom is -0.370 e. The highest BCUT2D eigenvalue weighted by Crippen LogP contribution is 2.30. The summed E-state index contributed by atoms with van der Waals surface area (Å²) >= 11 is 0. The summed E-state index contributed by atoms with van der Waals surface area (Å²) in [5.74, 6) is 2.76. The van der Waals surface area contributed by atoms with Gasteiger partial charge in [-0.15, -0.1) is 0 Å². The molecule has 1 aliphatic rings. The van der Waals surface area contributed by atoms with Gasteiger partial charge in [-0.25, -0.2) is 4.98 Å². The molecular weight excluding hydrogens is 220 g/mol. The number of hydrogen-bond donors (Lipinski definition) is 1. The van der Waals surface area contributed by atoms with Crippen LogP contribution in [-0.4, -0.2) is 11.5 Å². The van der Waals surface area contributed by atoms with Gasteiger partial charge in [0.15, 0.2) is 0 Å². The monoisotopic (exact) mass is 246 g/mol. The van der Waals surface area contributed by atoms with Crippen molar-refractivity contribution in [2.75, 3.05) is 11.9 Å². The van der Waals surface area contributed by atoms with Gasteiger partial charge in [0.1, 0.15) is 5.82 Å². The summed E-state index contributed by atoms with van der Waals surface area (Å²) in [5, 5.41) is 3.47. The zero-order chi connectivity index (χ0) is 13.2. The van der Waals surface area contributed by atoms with E-state index >= 15 is 0 Å². The molecule has 0 aromatic carbocycles. The lowest BCUT2D eigenvalue weighted by molar-refractivity contribution is 0.536. The maximum atomic E-state index is 4.51. The Balaban J connectivity index is 1.87. The molecule has 2 rings (SSSR count).